The third-order valence-corrected chi connectivity index (χ3v) is 4.90. The number of sulfone groups is 1. The number of hydrogen-bond donors (Lipinski definition) is 2. The minimum absolute atomic E-state index is 0.0315. The number of rotatable bonds is 10. The fourth-order valence-electron chi connectivity index (χ4n) is 2.34. The number of methoxy groups -OCH3 is 1. The molecule has 0 aromatic heterocycles. The molecule has 0 radical (unpaired) electrons. The maximum Gasteiger partial charge on any atom is 0.191 e. The third-order valence-electron chi connectivity index (χ3n) is 3.65. The second kappa shape index (κ2) is 11.2. The molecule has 0 aliphatic heterocycles. The summed E-state index contributed by atoms with van der Waals surface area (Å²) >= 11 is 6.30. The Bertz CT molecular complexity index is 738. The molecule has 1 atom stereocenters. The highest BCUT2D eigenvalue weighted by Gasteiger charge is 2.12. The lowest BCUT2D eigenvalue weighted by Gasteiger charge is -2.18. The molecule has 0 saturated carbocycles. The number of nitrogens with zero attached hydrogens (tertiary/aromatic N) is 1. The van der Waals surface area contributed by atoms with Gasteiger partial charge in [0, 0.05) is 18.8 Å². The first-order chi connectivity index (χ1) is 12.7. The first kappa shape index (κ1) is 23.4. The van der Waals surface area contributed by atoms with Gasteiger partial charge in [-0.05, 0) is 44.9 Å². The van der Waals surface area contributed by atoms with E-state index >= 15 is 0 Å². The summed E-state index contributed by atoms with van der Waals surface area (Å²) in [5, 5.41) is 6.85. The van der Waals surface area contributed by atoms with Crippen LogP contribution in [0.1, 0.15) is 32.8 Å². The predicted octanol–water partition coefficient (Wildman–Crippen LogP) is 2.63. The standard InChI is InChI=1S/C18H30ClN3O4S/c1-6-20-18(22-13(3)8-9-27(5,23)24)21-12-14-10-15(19)17(26-7-2)16(11-14)25-4/h10-11,13H,6-9,12H2,1-5H3,(H2,20,21,22). The van der Waals surface area contributed by atoms with Crippen LogP contribution >= 0.6 is 11.6 Å². The molecule has 27 heavy (non-hydrogen) atoms. The number of hydrogen-bond acceptors (Lipinski definition) is 5. The van der Waals surface area contributed by atoms with Crippen LogP contribution in [0.3, 0.4) is 0 Å². The van der Waals surface area contributed by atoms with Gasteiger partial charge in [0.2, 0.25) is 0 Å². The van der Waals surface area contributed by atoms with Crippen LogP contribution in [0.2, 0.25) is 5.02 Å². The van der Waals surface area contributed by atoms with Crippen LogP contribution in [0.15, 0.2) is 17.1 Å². The van der Waals surface area contributed by atoms with Crippen molar-refractivity contribution < 1.29 is 17.9 Å². The molecular formula is C18H30ClN3O4S. The molecule has 1 aromatic rings. The van der Waals surface area contributed by atoms with Crippen molar-refractivity contribution >= 4 is 27.4 Å². The molecule has 9 heteroatoms. The first-order valence-corrected chi connectivity index (χ1v) is 11.4. The summed E-state index contributed by atoms with van der Waals surface area (Å²) in [6.45, 7) is 7.35. The van der Waals surface area contributed by atoms with Crippen molar-refractivity contribution in [2.75, 3.05) is 32.3 Å². The SMILES string of the molecule is CCNC(=NCc1cc(Cl)c(OCC)c(OC)c1)NC(C)CCS(C)(=O)=O. The predicted molar refractivity (Wildman–Crippen MR) is 111 cm³/mol. The Morgan fingerprint density at radius 1 is 1.33 bits per heavy atom. The van der Waals surface area contributed by atoms with Gasteiger partial charge in [-0.15, -0.1) is 0 Å². The summed E-state index contributed by atoms with van der Waals surface area (Å²) in [6, 6.07) is 3.61. The molecule has 1 aromatic carbocycles. The number of guanidine groups is 1. The first-order valence-electron chi connectivity index (χ1n) is 8.91. The van der Waals surface area contributed by atoms with Crippen molar-refractivity contribution in [1.29, 1.82) is 0 Å². The fraction of sp³-hybridized carbons (Fsp3) is 0.611. The highest BCUT2D eigenvalue weighted by molar-refractivity contribution is 7.90. The van der Waals surface area contributed by atoms with Gasteiger partial charge >= 0.3 is 0 Å². The number of nitrogens with one attached hydrogen (secondary N) is 2. The third kappa shape index (κ3) is 8.71. The van der Waals surface area contributed by atoms with Crippen LogP contribution in [-0.4, -0.2) is 52.7 Å². The lowest BCUT2D eigenvalue weighted by molar-refractivity contribution is 0.311. The second-order valence-corrected chi connectivity index (χ2v) is 8.87. The molecule has 0 aliphatic rings. The summed E-state index contributed by atoms with van der Waals surface area (Å²) < 4.78 is 33.5. The Morgan fingerprint density at radius 2 is 2.04 bits per heavy atom. The minimum atomic E-state index is -2.98. The molecule has 1 unspecified atom stereocenters. The Morgan fingerprint density at radius 3 is 2.59 bits per heavy atom. The molecule has 0 heterocycles. The maximum absolute atomic E-state index is 11.3. The normalized spacial score (nSPS) is 13.2. The van der Waals surface area contributed by atoms with Gasteiger partial charge < -0.3 is 20.1 Å². The molecule has 0 amide bonds. The Balaban J connectivity index is 2.86. The largest absolute Gasteiger partial charge is 0.493 e. The molecule has 0 saturated heterocycles. The van der Waals surface area contributed by atoms with Crippen LogP contribution in [0.4, 0.5) is 0 Å². The zero-order chi connectivity index (χ0) is 20.4. The summed E-state index contributed by atoms with van der Waals surface area (Å²) in [5.74, 6) is 1.83. The molecule has 0 bridgehead atoms. The summed E-state index contributed by atoms with van der Waals surface area (Å²) in [4.78, 5) is 4.55. The van der Waals surface area contributed by atoms with Gasteiger partial charge in [-0.2, -0.15) is 0 Å². The van der Waals surface area contributed by atoms with Crippen molar-refractivity contribution in [3.8, 4) is 11.5 Å². The minimum Gasteiger partial charge on any atom is -0.493 e. The van der Waals surface area contributed by atoms with Gasteiger partial charge in [0.25, 0.3) is 0 Å². The van der Waals surface area contributed by atoms with Crippen LogP contribution in [0.25, 0.3) is 0 Å². The Labute approximate surface area is 167 Å². The molecule has 1 rings (SSSR count). The average molecular weight is 420 g/mol. The lowest BCUT2D eigenvalue weighted by Crippen LogP contribution is -2.42. The summed E-state index contributed by atoms with van der Waals surface area (Å²) in [7, 11) is -1.42. The number of aliphatic imine (C=N–C) groups is 1. The van der Waals surface area contributed by atoms with Crippen LogP contribution in [0, 0.1) is 0 Å². The number of halogens is 1. The van der Waals surface area contributed by atoms with E-state index in [0.717, 1.165) is 5.56 Å². The zero-order valence-corrected chi connectivity index (χ0v) is 18.2. The smallest absolute Gasteiger partial charge is 0.191 e. The highest BCUT2D eigenvalue weighted by atomic mass is 35.5. The van der Waals surface area contributed by atoms with E-state index in [9.17, 15) is 8.42 Å². The van der Waals surface area contributed by atoms with Gasteiger partial charge in [-0.1, -0.05) is 11.6 Å². The fourth-order valence-corrected chi connectivity index (χ4v) is 3.41. The van der Waals surface area contributed by atoms with Gasteiger partial charge in [-0.3, -0.25) is 0 Å². The van der Waals surface area contributed by atoms with E-state index in [1.165, 1.54) is 6.26 Å². The second-order valence-electron chi connectivity index (χ2n) is 6.20. The quantitative estimate of drug-likeness (QED) is 0.447. The van der Waals surface area contributed by atoms with E-state index in [-0.39, 0.29) is 11.8 Å². The van der Waals surface area contributed by atoms with Gasteiger partial charge in [0.15, 0.2) is 17.5 Å². The average Bonchev–Trinajstić information content (AvgIpc) is 2.59. The van der Waals surface area contributed by atoms with E-state index in [4.69, 9.17) is 21.1 Å². The van der Waals surface area contributed by atoms with E-state index in [1.807, 2.05) is 26.8 Å². The lowest BCUT2D eigenvalue weighted by atomic mass is 10.2. The van der Waals surface area contributed by atoms with Crippen molar-refractivity contribution in [3.05, 3.63) is 22.7 Å². The van der Waals surface area contributed by atoms with Crippen LogP contribution < -0.4 is 20.1 Å². The van der Waals surface area contributed by atoms with E-state index < -0.39 is 9.84 Å². The van der Waals surface area contributed by atoms with Crippen molar-refractivity contribution in [2.45, 2.75) is 39.8 Å². The molecule has 2 N–H and O–H groups in total. The Hall–Kier alpha value is -1.67. The van der Waals surface area contributed by atoms with E-state index in [0.29, 0.717) is 48.6 Å². The summed E-state index contributed by atoms with van der Waals surface area (Å²) in [6.07, 6.45) is 1.74. The van der Waals surface area contributed by atoms with E-state index in [1.54, 1.807) is 13.2 Å². The van der Waals surface area contributed by atoms with Gasteiger partial charge in [0.05, 0.1) is 31.0 Å². The maximum atomic E-state index is 11.3. The molecule has 154 valence electrons. The molecule has 0 fully saturated rings. The Kier molecular flexibility index (Phi) is 9.73. The molecule has 0 aliphatic carbocycles. The molecule has 0 spiro atoms. The molecular weight excluding hydrogens is 390 g/mol. The topological polar surface area (TPSA) is 89.0 Å². The van der Waals surface area contributed by atoms with Crippen molar-refractivity contribution in [3.63, 3.8) is 0 Å². The van der Waals surface area contributed by atoms with Crippen LogP contribution in [-0.2, 0) is 16.4 Å². The number of ether oxygens (including phenoxy) is 2. The van der Waals surface area contributed by atoms with Crippen molar-refractivity contribution in [1.82, 2.24) is 10.6 Å². The highest BCUT2D eigenvalue weighted by Crippen LogP contribution is 2.36. The molecule has 7 nitrogen and oxygen atoms in total. The number of benzene rings is 1. The zero-order valence-electron chi connectivity index (χ0n) is 16.6. The van der Waals surface area contributed by atoms with E-state index in [2.05, 4.69) is 15.6 Å². The van der Waals surface area contributed by atoms with Crippen LogP contribution in [0.5, 0.6) is 11.5 Å². The summed E-state index contributed by atoms with van der Waals surface area (Å²) in [5.41, 5.74) is 0.876. The van der Waals surface area contributed by atoms with Crippen molar-refractivity contribution in [2.24, 2.45) is 4.99 Å². The monoisotopic (exact) mass is 419 g/mol. The van der Waals surface area contributed by atoms with Gasteiger partial charge in [-0.25, -0.2) is 13.4 Å². The van der Waals surface area contributed by atoms with Gasteiger partial charge in [0.1, 0.15) is 9.84 Å².